The van der Waals surface area contributed by atoms with Crippen molar-refractivity contribution in [1.29, 1.82) is 0 Å². The summed E-state index contributed by atoms with van der Waals surface area (Å²) in [6.45, 7) is 3.86. The lowest BCUT2D eigenvalue weighted by Gasteiger charge is -2.28. The summed E-state index contributed by atoms with van der Waals surface area (Å²) >= 11 is 0. The SMILES string of the molecule is COC(=O)c1nc2oc1C13c4ccccc4N[C@H]1Oc1ccc(cc13)C[C@H](NC(=O)OCc1ccccc1)C(=O)N[C@H]2C(C)C. The molecular weight excluding hydrogens is 576 g/mol. The average molecular weight is 609 g/mol. The van der Waals surface area contributed by atoms with Crippen molar-refractivity contribution in [2.45, 2.75) is 50.6 Å². The van der Waals surface area contributed by atoms with Gasteiger partial charge in [0.25, 0.3) is 0 Å². The Hall–Kier alpha value is -5.32. The molecule has 11 heteroatoms. The lowest BCUT2D eigenvalue weighted by atomic mass is 9.72. The molecule has 0 radical (unpaired) electrons. The first-order valence-corrected chi connectivity index (χ1v) is 14.8. The monoisotopic (exact) mass is 608 g/mol. The van der Waals surface area contributed by atoms with Gasteiger partial charge in [-0.25, -0.2) is 14.6 Å². The van der Waals surface area contributed by atoms with Crippen LogP contribution in [0.15, 0.2) is 77.2 Å². The van der Waals surface area contributed by atoms with Crippen LogP contribution in [-0.2, 0) is 32.7 Å². The van der Waals surface area contributed by atoms with Crippen molar-refractivity contribution in [1.82, 2.24) is 15.6 Å². The van der Waals surface area contributed by atoms with E-state index in [0.29, 0.717) is 5.75 Å². The number of aromatic nitrogens is 1. The highest BCUT2D eigenvalue weighted by atomic mass is 16.5. The van der Waals surface area contributed by atoms with Crippen LogP contribution in [0.1, 0.15) is 64.3 Å². The molecule has 0 fully saturated rings. The number of fused-ring (bicyclic) bond motifs is 4. The quantitative estimate of drug-likeness (QED) is 0.277. The molecule has 4 bridgehead atoms. The molecule has 4 atom stereocenters. The van der Waals surface area contributed by atoms with Gasteiger partial charge < -0.3 is 34.6 Å². The van der Waals surface area contributed by atoms with Gasteiger partial charge >= 0.3 is 12.1 Å². The number of nitrogens with zero attached hydrogens (tertiary/aromatic N) is 1. The Morgan fingerprint density at radius 2 is 1.82 bits per heavy atom. The zero-order valence-electron chi connectivity index (χ0n) is 25.0. The van der Waals surface area contributed by atoms with Gasteiger partial charge in [-0.2, -0.15) is 0 Å². The van der Waals surface area contributed by atoms with Crippen LogP contribution in [0.25, 0.3) is 0 Å². The van der Waals surface area contributed by atoms with Crippen LogP contribution >= 0.6 is 0 Å². The summed E-state index contributed by atoms with van der Waals surface area (Å²) in [5, 5.41) is 9.22. The van der Waals surface area contributed by atoms with Crippen LogP contribution < -0.4 is 20.7 Å². The molecule has 1 spiro atoms. The van der Waals surface area contributed by atoms with Crippen molar-refractivity contribution < 1.29 is 33.0 Å². The standard InChI is InChI=1S/C34H32N4O7/c1-18(2)26-30-38-27(31(40)42-3)28(45-30)34-21-11-7-8-12-23(21)35-32(34)44-25-14-13-20(15-22(25)34)16-24(29(39)37-26)36-33(41)43-17-19-9-5-4-6-10-19/h4-15,18,24,26,32,35H,16-17H2,1-3H3,(H,36,41)(H,37,39)/t24-,26-,32-,34?/m0/s1. The molecule has 7 rings (SSSR count). The van der Waals surface area contributed by atoms with Crippen LogP contribution in [0.4, 0.5) is 10.5 Å². The maximum atomic E-state index is 13.9. The van der Waals surface area contributed by atoms with Crippen molar-refractivity contribution in [3.05, 3.63) is 112 Å². The van der Waals surface area contributed by atoms with Gasteiger partial charge in [-0.15, -0.1) is 0 Å². The Balaban J connectivity index is 1.36. The van der Waals surface area contributed by atoms with E-state index in [9.17, 15) is 14.4 Å². The molecule has 0 aliphatic carbocycles. The average Bonchev–Trinajstić information content (AvgIpc) is 3.71. The highest BCUT2D eigenvalue weighted by molar-refractivity contribution is 5.91. The van der Waals surface area contributed by atoms with E-state index in [1.807, 2.05) is 86.6 Å². The highest BCUT2D eigenvalue weighted by Gasteiger charge is 2.61. The smallest absolute Gasteiger partial charge is 0.408 e. The molecule has 1 aromatic heterocycles. The second-order valence-corrected chi connectivity index (χ2v) is 11.7. The summed E-state index contributed by atoms with van der Waals surface area (Å²) in [5.41, 5.74) is 2.89. The maximum Gasteiger partial charge on any atom is 0.408 e. The summed E-state index contributed by atoms with van der Waals surface area (Å²) in [6.07, 6.45) is -1.22. The van der Waals surface area contributed by atoms with Gasteiger partial charge in [0, 0.05) is 17.7 Å². The van der Waals surface area contributed by atoms with Gasteiger partial charge in [0.15, 0.2) is 17.7 Å². The molecule has 0 saturated carbocycles. The van der Waals surface area contributed by atoms with E-state index in [4.69, 9.17) is 18.6 Å². The van der Waals surface area contributed by atoms with E-state index < -0.39 is 41.7 Å². The number of rotatable bonds is 5. The predicted octanol–water partition coefficient (Wildman–Crippen LogP) is 4.60. The molecule has 4 aromatic rings. The van der Waals surface area contributed by atoms with Gasteiger partial charge in [-0.05, 0) is 34.7 Å². The number of nitrogens with one attached hydrogen (secondary N) is 3. The number of amides is 2. The van der Waals surface area contributed by atoms with Gasteiger partial charge in [-0.3, -0.25) is 4.79 Å². The molecule has 3 aromatic carbocycles. The summed E-state index contributed by atoms with van der Waals surface area (Å²) in [5.74, 6) is -0.332. The van der Waals surface area contributed by atoms with E-state index in [-0.39, 0.29) is 36.3 Å². The lowest BCUT2D eigenvalue weighted by Crippen LogP contribution is -2.49. The number of benzene rings is 3. The van der Waals surface area contributed by atoms with Gasteiger partial charge in [0.2, 0.25) is 11.8 Å². The largest absolute Gasteiger partial charge is 0.469 e. The number of methoxy groups -OCH3 is 1. The Bertz CT molecular complexity index is 1800. The summed E-state index contributed by atoms with van der Waals surface area (Å²) in [4.78, 5) is 44.8. The number of carbonyl (C=O) groups is 3. The molecule has 2 amide bonds. The lowest BCUT2D eigenvalue weighted by molar-refractivity contribution is -0.124. The zero-order chi connectivity index (χ0) is 31.3. The number of hydrogen-bond acceptors (Lipinski definition) is 9. The van der Waals surface area contributed by atoms with E-state index >= 15 is 0 Å². The first-order valence-electron chi connectivity index (χ1n) is 14.8. The Morgan fingerprint density at radius 3 is 2.60 bits per heavy atom. The van der Waals surface area contributed by atoms with E-state index in [1.165, 1.54) is 7.11 Å². The Kier molecular flexibility index (Phi) is 6.95. The minimum Gasteiger partial charge on any atom is -0.469 e. The van der Waals surface area contributed by atoms with Crippen molar-refractivity contribution >= 4 is 23.7 Å². The minimum atomic E-state index is -1.10. The highest BCUT2D eigenvalue weighted by Crippen LogP contribution is 2.58. The third-order valence-corrected chi connectivity index (χ3v) is 8.62. The molecular formula is C34H32N4O7. The number of hydrogen-bond donors (Lipinski definition) is 3. The molecule has 45 heavy (non-hydrogen) atoms. The molecule has 0 saturated heterocycles. The molecule has 11 nitrogen and oxygen atoms in total. The zero-order valence-corrected chi connectivity index (χ0v) is 25.0. The fourth-order valence-corrected chi connectivity index (χ4v) is 6.44. The fraction of sp³-hybridized carbons (Fsp3) is 0.294. The van der Waals surface area contributed by atoms with E-state index in [0.717, 1.165) is 27.9 Å². The summed E-state index contributed by atoms with van der Waals surface area (Å²) < 4.78 is 23.7. The number of carbonyl (C=O) groups excluding carboxylic acids is 3. The Labute approximate surface area is 259 Å². The van der Waals surface area contributed by atoms with Crippen molar-refractivity contribution in [2.24, 2.45) is 5.92 Å². The Morgan fingerprint density at radius 1 is 1.04 bits per heavy atom. The maximum absolute atomic E-state index is 13.9. The third-order valence-electron chi connectivity index (χ3n) is 8.62. The second kappa shape index (κ2) is 11.0. The third kappa shape index (κ3) is 4.66. The first-order chi connectivity index (χ1) is 21.8. The molecule has 1 unspecified atom stereocenters. The molecule has 3 aliphatic rings. The fourth-order valence-electron chi connectivity index (χ4n) is 6.44. The number of esters is 1. The predicted molar refractivity (Wildman–Crippen MR) is 162 cm³/mol. The van der Waals surface area contributed by atoms with Gasteiger partial charge in [0.1, 0.15) is 29.9 Å². The number of anilines is 1. The van der Waals surface area contributed by atoms with Crippen LogP contribution in [0.3, 0.4) is 0 Å². The topological polar surface area (TPSA) is 141 Å². The normalized spacial score (nSPS) is 22.5. The van der Waals surface area contributed by atoms with Gasteiger partial charge in [-0.1, -0.05) is 74.5 Å². The molecule has 3 N–H and O–H groups in total. The van der Waals surface area contributed by atoms with Crippen molar-refractivity contribution in [2.75, 3.05) is 12.4 Å². The number of alkyl carbamates (subject to hydrolysis) is 1. The number of oxazole rings is 1. The summed E-state index contributed by atoms with van der Waals surface area (Å²) in [6, 6.07) is 20.9. The van der Waals surface area contributed by atoms with Crippen LogP contribution in [0, 0.1) is 5.92 Å². The van der Waals surface area contributed by atoms with Crippen LogP contribution in [-0.4, -0.2) is 42.3 Å². The minimum absolute atomic E-state index is 0.00355. The number of para-hydroxylation sites is 1. The number of ether oxygens (including phenoxy) is 3. The first kappa shape index (κ1) is 28.5. The summed E-state index contributed by atoms with van der Waals surface area (Å²) in [7, 11) is 1.29. The van der Waals surface area contributed by atoms with Crippen LogP contribution in [0.5, 0.6) is 5.75 Å². The molecule has 4 heterocycles. The second-order valence-electron chi connectivity index (χ2n) is 11.7. The molecule has 3 aliphatic heterocycles. The van der Waals surface area contributed by atoms with E-state index in [2.05, 4.69) is 20.9 Å². The molecule has 230 valence electrons. The van der Waals surface area contributed by atoms with Gasteiger partial charge in [0.05, 0.1) is 7.11 Å². The van der Waals surface area contributed by atoms with E-state index in [1.54, 1.807) is 0 Å². The van der Waals surface area contributed by atoms with Crippen molar-refractivity contribution in [3.8, 4) is 5.75 Å². The van der Waals surface area contributed by atoms with Crippen LogP contribution in [0.2, 0.25) is 0 Å². The van der Waals surface area contributed by atoms with Crippen molar-refractivity contribution in [3.63, 3.8) is 0 Å².